The molecule has 1 aromatic heterocycles. The van der Waals surface area contributed by atoms with E-state index in [9.17, 15) is 4.79 Å². The minimum absolute atomic E-state index is 0.00530. The molecule has 0 atom stereocenters. The van der Waals surface area contributed by atoms with Gasteiger partial charge in [-0.1, -0.05) is 24.3 Å². The molecule has 3 nitrogen and oxygen atoms in total. The zero-order chi connectivity index (χ0) is 9.97. The molecule has 0 amide bonds. The molecule has 0 bridgehead atoms. The second-order valence-electron chi connectivity index (χ2n) is 3.02. The van der Waals surface area contributed by atoms with Crippen molar-refractivity contribution in [2.45, 2.75) is 0 Å². The van der Waals surface area contributed by atoms with Crippen LogP contribution in [-0.2, 0) is 0 Å². The second kappa shape index (κ2) is 3.55. The highest BCUT2D eigenvalue weighted by atomic mass is 16.1. The number of aromatic nitrogens is 1. The molecule has 0 saturated heterocycles. The summed E-state index contributed by atoms with van der Waals surface area (Å²) in [6.07, 6.45) is 0. The third-order valence-corrected chi connectivity index (χ3v) is 2.07. The molecular weight excluding hydrogens is 176 g/mol. The molecule has 0 radical (unpaired) electrons. The monoisotopic (exact) mass is 186 g/mol. The van der Waals surface area contributed by atoms with E-state index in [0.29, 0.717) is 5.69 Å². The first-order chi connectivity index (χ1) is 6.81. The molecular formula is C11H10N2O. The molecule has 0 aliphatic heterocycles. The maximum Gasteiger partial charge on any atom is 0.194 e. The van der Waals surface area contributed by atoms with E-state index < -0.39 is 0 Å². The summed E-state index contributed by atoms with van der Waals surface area (Å²) < 4.78 is 0. The van der Waals surface area contributed by atoms with Crippen molar-refractivity contribution in [3.8, 4) is 0 Å². The highest BCUT2D eigenvalue weighted by Gasteiger charge is 2.04. The van der Waals surface area contributed by atoms with Crippen molar-refractivity contribution in [3.05, 3.63) is 42.1 Å². The Kier molecular flexibility index (Phi) is 2.24. The molecule has 2 N–H and O–H groups in total. The Balaban J connectivity index is 2.56. The number of pyridine rings is 1. The molecule has 2 aromatic rings. The number of carbonyl (C=O) groups excluding carboxylic acids is 1. The first-order valence-corrected chi connectivity index (χ1v) is 4.40. The summed E-state index contributed by atoms with van der Waals surface area (Å²) in [6.45, 7) is 0.00530. The first kappa shape index (κ1) is 8.84. The van der Waals surface area contributed by atoms with E-state index in [-0.39, 0.29) is 12.3 Å². The van der Waals surface area contributed by atoms with Crippen LogP contribution in [0.15, 0.2) is 36.4 Å². The van der Waals surface area contributed by atoms with Crippen LogP contribution in [0.1, 0.15) is 10.5 Å². The summed E-state index contributed by atoms with van der Waals surface area (Å²) in [4.78, 5) is 15.5. The average molecular weight is 186 g/mol. The summed E-state index contributed by atoms with van der Waals surface area (Å²) >= 11 is 0. The van der Waals surface area contributed by atoms with Gasteiger partial charge in [-0.05, 0) is 12.1 Å². The van der Waals surface area contributed by atoms with Gasteiger partial charge in [0.25, 0.3) is 0 Å². The molecule has 2 rings (SSSR count). The Bertz CT molecular complexity index is 479. The van der Waals surface area contributed by atoms with Gasteiger partial charge >= 0.3 is 0 Å². The average Bonchev–Trinajstić information content (AvgIpc) is 2.27. The summed E-state index contributed by atoms with van der Waals surface area (Å²) in [6, 6.07) is 11.3. The number of nitrogens with two attached hydrogens (primary N) is 1. The number of para-hydroxylation sites is 1. The summed E-state index contributed by atoms with van der Waals surface area (Å²) in [7, 11) is 0. The van der Waals surface area contributed by atoms with Gasteiger partial charge in [-0.3, -0.25) is 4.79 Å². The predicted molar refractivity (Wildman–Crippen MR) is 55.1 cm³/mol. The SMILES string of the molecule is NCC(=O)c1ccc2ccccc2n1. The topological polar surface area (TPSA) is 56.0 Å². The van der Waals surface area contributed by atoms with Crippen LogP contribution in [0.2, 0.25) is 0 Å². The fourth-order valence-corrected chi connectivity index (χ4v) is 1.33. The van der Waals surface area contributed by atoms with Crippen molar-refractivity contribution >= 4 is 16.7 Å². The van der Waals surface area contributed by atoms with E-state index >= 15 is 0 Å². The number of carbonyl (C=O) groups is 1. The van der Waals surface area contributed by atoms with E-state index in [1.54, 1.807) is 6.07 Å². The molecule has 0 aliphatic rings. The molecule has 1 heterocycles. The van der Waals surface area contributed by atoms with Crippen molar-refractivity contribution in [1.82, 2.24) is 4.98 Å². The first-order valence-electron chi connectivity index (χ1n) is 4.40. The molecule has 0 spiro atoms. The Morgan fingerprint density at radius 3 is 2.79 bits per heavy atom. The number of Topliss-reactive ketones (excluding diaryl/α,β-unsaturated/α-hetero) is 1. The van der Waals surface area contributed by atoms with E-state index in [0.717, 1.165) is 10.9 Å². The lowest BCUT2D eigenvalue weighted by atomic mass is 10.2. The van der Waals surface area contributed by atoms with Crippen LogP contribution in [0.5, 0.6) is 0 Å². The van der Waals surface area contributed by atoms with Gasteiger partial charge in [-0.15, -0.1) is 0 Å². The minimum Gasteiger partial charge on any atom is -0.324 e. The minimum atomic E-state index is -0.129. The number of nitrogens with zero attached hydrogens (tertiary/aromatic N) is 1. The summed E-state index contributed by atoms with van der Waals surface area (Å²) in [5, 5.41) is 1.03. The fourth-order valence-electron chi connectivity index (χ4n) is 1.33. The number of rotatable bonds is 2. The Morgan fingerprint density at radius 1 is 1.21 bits per heavy atom. The van der Waals surface area contributed by atoms with Gasteiger partial charge in [0.1, 0.15) is 5.69 Å². The highest BCUT2D eigenvalue weighted by Crippen LogP contribution is 2.11. The van der Waals surface area contributed by atoms with Gasteiger partial charge in [0, 0.05) is 5.39 Å². The molecule has 14 heavy (non-hydrogen) atoms. The molecule has 1 aromatic carbocycles. The highest BCUT2D eigenvalue weighted by molar-refractivity contribution is 5.97. The summed E-state index contributed by atoms with van der Waals surface area (Å²) in [5.41, 5.74) is 6.52. The molecule has 0 aliphatic carbocycles. The smallest absolute Gasteiger partial charge is 0.194 e. The van der Waals surface area contributed by atoms with Crippen molar-refractivity contribution in [2.24, 2.45) is 5.73 Å². The van der Waals surface area contributed by atoms with Crippen LogP contribution >= 0.6 is 0 Å². The van der Waals surface area contributed by atoms with Gasteiger partial charge in [0.05, 0.1) is 12.1 Å². The van der Waals surface area contributed by atoms with Crippen LogP contribution in [0.25, 0.3) is 10.9 Å². The Morgan fingerprint density at radius 2 is 2.00 bits per heavy atom. The molecule has 0 saturated carbocycles. The van der Waals surface area contributed by atoms with Crippen LogP contribution in [0.4, 0.5) is 0 Å². The van der Waals surface area contributed by atoms with E-state index in [2.05, 4.69) is 4.98 Å². The second-order valence-corrected chi connectivity index (χ2v) is 3.02. The van der Waals surface area contributed by atoms with Crippen LogP contribution < -0.4 is 5.73 Å². The van der Waals surface area contributed by atoms with Crippen molar-refractivity contribution in [1.29, 1.82) is 0 Å². The number of benzene rings is 1. The van der Waals surface area contributed by atoms with Crippen molar-refractivity contribution in [3.63, 3.8) is 0 Å². The van der Waals surface area contributed by atoms with Gasteiger partial charge < -0.3 is 5.73 Å². The molecule has 3 heteroatoms. The lowest BCUT2D eigenvalue weighted by Gasteiger charge is -1.99. The summed E-state index contributed by atoms with van der Waals surface area (Å²) in [5.74, 6) is -0.129. The molecule has 0 fully saturated rings. The Labute approximate surface area is 81.6 Å². The molecule has 0 unspecified atom stereocenters. The van der Waals surface area contributed by atoms with Crippen molar-refractivity contribution in [2.75, 3.05) is 6.54 Å². The van der Waals surface area contributed by atoms with Crippen molar-refractivity contribution < 1.29 is 4.79 Å². The normalized spacial score (nSPS) is 10.4. The number of hydrogen-bond donors (Lipinski definition) is 1. The van der Waals surface area contributed by atoms with E-state index in [4.69, 9.17) is 5.73 Å². The number of ketones is 1. The maximum absolute atomic E-state index is 11.3. The lowest BCUT2D eigenvalue weighted by molar-refractivity contribution is 0.0997. The van der Waals surface area contributed by atoms with E-state index in [1.807, 2.05) is 30.3 Å². The zero-order valence-electron chi connectivity index (χ0n) is 7.60. The van der Waals surface area contributed by atoms with Crippen LogP contribution in [0, 0.1) is 0 Å². The fraction of sp³-hybridized carbons (Fsp3) is 0.0909. The standard InChI is InChI=1S/C11H10N2O/c12-7-11(14)10-6-5-8-3-1-2-4-9(8)13-10/h1-6H,7,12H2. The number of fused-ring (bicyclic) bond motifs is 1. The number of hydrogen-bond acceptors (Lipinski definition) is 3. The third kappa shape index (κ3) is 1.49. The molecule has 70 valence electrons. The van der Waals surface area contributed by atoms with E-state index in [1.165, 1.54) is 0 Å². The van der Waals surface area contributed by atoms with Crippen LogP contribution in [-0.4, -0.2) is 17.3 Å². The lowest BCUT2D eigenvalue weighted by Crippen LogP contribution is -2.14. The van der Waals surface area contributed by atoms with Gasteiger partial charge in [-0.2, -0.15) is 0 Å². The zero-order valence-corrected chi connectivity index (χ0v) is 7.60. The largest absolute Gasteiger partial charge is 0.324 e. The Hall–Kier alpha value is -1.74. The third-order valence-electron chi connectivity index (χ3n) is 2.07. The predicted octanol–water partition coefficient (Wildman–Crippen LogP) is 1.38. The van der Waals surface area contributed by atoms with Crippen LogP contribution in [0.3, 0.4) is 0 Å². The van der Waals surface area contributed by atoms with Gasteiger partial charge in [-0.25, -0.2) is 4.98 Å². The van der Waals surface area contributed by atoms with Gasteiger partial charge in [0.2, 0.25) is 0 Å². The maximum atomic E-state index is 11.3. The quantitative estimate of drug-likeness (QED) is 0.721. The van der Waals surface area contributed by atoms with Gasteiger partial charge in [0.15, 0.2) is 5.78 Å².